The van der Waals surface area contributed by atoms with E-state index in [0.717, 1.165) is 25.1 Å². The second-order valence-electron chi connectivity index (χ2n) is 6.77. The van der Waals surface area contributed by atoms with Crippen molar-refractivity contribution in [1.29, 1.82) is 0 Å². The maximum atomic E-state index is 13.1. The standard InChI is InChI=1S/C22H28N2O3.ClH/c1-4-16-5-8-18(9-6-16)19-15-23-11-12-24(19)22(25)14-17-7-10-20(26-2)21(13-17)27-3;/h5-10,13,19,23H,4,11-12,14-15H2,1-3H3;1H. The van der Waals surface area contributed by atoms with Gasteiger partial charge in [-0.25, -0.2) is 0 Å². The highest BCUT2D eigenvalue weighted by Gasteiger charge is 2.27. The largest absolute Gasteiger partial charge is 0.493 e. The Kier molecular flexibility index (Phi) is 8.15. The first-order valence-electron chi connectivity index (χ1n) is 9.46. The van der Waals surface area contributed by atoms with E-state index >= 15 is 0 Å². The molecular weight excluding hydrogens is 376 g/mol. The van der Waals surface area contributed by atoms with Crippen LogP contribution < -0.4 is 14.8 Å². The minimum Gasteiger partial charge on any atom is -0.493 e. The number of carbonyl (C=O) groups excluding carboxylic acids is 1. The van der Waals surface area contributed by atoms with Gasteiger partial charge in [0.25, 0.3) is 0 Å². The summed E-state index contributed by atoms with van der Waals surface area (Å²) in [5.74, 6) is 1.45. The number of nitrogens with zero attached hydrogens (tertiary/aromatic N) is 1. The average molecular weight is 405 g/mol. The Morgan fingerprint density at radius 2 is 1.75 bits per heavy atom. The van der Waals surface area contributed by atoms with Gasteiger partial charge < -0.3 is 19.7 Å². The number of amides is 1. The zero-order valence-corrected chi connectivity index (χ0v) is 17.6. The summed E-state index contributed by atoms with van der Waals surface area (Å²) in [6.45, 7) is 4.47. The van der Waals surface area contributed by atoms with E-state index in [1.54, 1.807) is 14.2 Å². The summed E-state index contributed by atoms with van der Waals surface area (Å²) in [4.78, 5) is 15.0. The van der Waals surface area contributed by atoms with E-state index in [0.29, 0.717) is 24.5 Å². The van der Waals surface area contributed by atoms with Gasteiger partial charge in [-0.1, -0.05) is 37.3 Å². The number of nitrogens with one attached hydrogen (secondary N) is 1. The lowest BCUT2D eigenvalue weighted by Gasteiger charge is -2.37. The SMILES string of the molecule is CCc1ccc(C2CNCCN2C(=O)Cc2ccc(OC)c(OC)c2)cc1.Cl. The van der Waals surface area contributed by atoms with Crippen LogP contribution in [0, 0.1) is 0 Å². The smallest absolute Gasteiger partial charge is 0.227 e. The second-order valence-corrected chi connectivity index (χ2v) is 6.77. The number of hydrogen-bond donors (Lipinski definition) is 1. The minimum absolute atomic E-state index is 0. The van der Waals surface area contributed by atoms with Crippen LogP contribution in [0.3, 0.4) is 0 Å². The maximum absolute atomic E-state index is 13.1. The zero-order chi connectivity index (χ0) is 19.2. The summed E-state index contributed by atoms with van der Waals surface area (Å²) in [6, 6.07) is 14.3. The molecule has 1 aliphatic heterocycles. The summed E-state index contributed by atoms with van der Waals surface area (Å²) in [5.41, 5.74) is 3.42. The van der Waals surface area contributed by atoms with Gasteiger partial charge in [0.05, 0.1) is 26.7 Å². The fourth-order valence-electron chi connectivity index (χ4n) is 3.54. The van der Waals surface area contributed by atoms with Gasteiger partial charge in [-0.3, -0.25) is 4.79 Å². The van der Waals surface area contributed by atoms with E-state index in [2.05, 4.69) is 36.5 Å². The summed E-state index contributed by atoms with van der Waals surface area (Å²) >= 11 is 0. The van der Waals surface area contributed by atoms with Crippen LogP contribution in [-0.2, 0) is 17.6 Å². The third-order valence-corrected chi connectivity index (χ3v) is 5.14. The monoisotopic (exact) mass is 404 g/mol. The number of aryl methyl sites for hydroxylation is 1. The molecule has 1 amide bonds. The number of methoxy groups -OCH3 is 2. The van der Waals surface area contributed by atoms with E-state index in [9.17, 15) is 4.79 Å². The summed E-state index contributed by atoms with van der Waals surface area (Å²) in [7, 11) is 3.22. The zero-order valence-electron chi connectivity index (χ0n) is 16.7. The van der Waals surface area contributed by atoms with E-state index in [-0.39, 0.29) is 24.4 Å². The molecule has 0 saturated carbocycles. The first kappa shape index (κ1) is 22.1. The van der Waals surface area contributed by atoms with Crippen molar-refractivity contribution in [3.63, 3.8) is 0 Å². The van der Waals surface area contributed by atoms with Gasteiger partial charge in [-0.2, -0.15) is 0 Å². The molecule has 1 N–H and O–H groups in total. The predicted octanol–water partition coefficient (Wildman–Crippen LogP) is 3.40. The molecule has 28 heavy (non-hydrogen) atoms. The van der Waals surface area contributed by atoms with Crippen molar-refractivity contribution >= 4 is 18.3 Å². The number of ether oxygens (including phenoxy) is 2. The van der Waals surface area contributed by atoms with E-state index in [1.807, 2.05) is 23.1 Å². The quantitative estimate of drug-likeness (QED) is 0.801. The molecule has 1 unspecified atom stereocenters. The molecule has 0 aliphatic carbocycles. The predicted molar refractivity (Wildman–Crippen MR) is 114 cm³/mol. The van der Waals surface area contributed by atoms with Crippen molar-refractivity contribution in [2.45, 2.75) is 25.8 Å². The second kappa shape index (κ2) is 10.3. The van der Waals surface area contributed by atoms with E-state index in [1.165, 1.54) is 11.1 Å². The normalized spacial score (nSPS) is 16.2. The van der Waals surface area contributed by atoms with Gasteiger partial charge in [0.2, 0.25) is 5.91 Å². The molecule has 1 atom stereocenters. The number of benzene rings is 2. The van der Waals surface area contributed by atoms with E-state index in [4.69, 9.17) is 9.47 Å². The molecule has 1 saturated heterocycles. The lowest BCUT2D eigenvalue weighted by Crippen LogP contribution is -2.49. The van der Waals surface area contributed by atoms with Gasteiger partial charge in [-0.15, -0.1) is 12.4 Å². The van der Waals surface area contributed by atoms with Gasteiger partial charge in [0.15, 0.2) is 11.5 Å². The topological polar surface area (TPSA) is 50.8 Å². The fraction of sp³-hybridized carbons (Fsp3) is 0.409. The summed E-state index contributed by atoms with van der Waals surface area (Å²) < 4.78 is 10.6. The highest BCUT2D eigenvalue weighted by Crippen LogP contribution is 2.29. The molecule has 5 nitrogen and oxygen atoms in total. The molecule has 1 aliphatic rings. The number of halogens is 1. The van der Waals surface area contributed by atoms with Crippen molar-refractivity contribution in [3.05, 3.63) is 59.2 Å². The maximum Gasteiger partial charge on any atom is 0.227 e. The molecule has 6 heteroatoms. The van der Waals surface area contributed by atoms with Crippen molar-refractivity contribution < 1.29 is 14.3 Å². The van der Waals surface area contributed by atoms with Gasteiger partial charge in [-0.05, 0) is 35.2 Å². The Hall–Kier alpha value is -2.24. The number of piperazine rings is 1. The third kappa shape index (κ3) is 4.97. The van der Waals surface area contributed by atoms with Gasteiger partial charge in [0, 0.05) is 19.6 Å². The average Bonchev–Trinajstić information content (AvgIpc) is 2.73. The highest BCUT2D eigenvalue weighted by atomic mass is 35.5. The lowest BCUT2D eigenvalue weighted by atomic mass is 10.00. The van der Waals surface area contributed by atoms with Crippen molar-refractivity contribution in [3.8, 4) is 11.5 Å². The molecule has 0 aromatic heterocycles. The van der Waals surface area contributed by atoms with Crippen LogP contribution in [0.25, 0.3) is 0 Å². The van der Waals surface area contributed by atoms with Crippen LogP contribution in [0.5, 0.6) is 11.5 Å². The third-order valence-electron chi connectivity index (χ3n) is 5.14. The van der Waals surface area contributed by atoms with E-state index < -0.39 is 0 Å². The van der Waals surface area contributed by atoms with Crippen LogP contribution in [0.15, 0.2) is 42.5 Å². The van der Waals surface area contributed by atoms with Crippen LogP contribution in [0.4, 0.5) is 0 Å². The van der Waals surface area contributed by atoms with Crippen LogP contribution in [-0.4, -0.2) is 44.7 Å². The molecule has 0 bridgehead atoms. The molecular formula is C22H29ClN2O3. The highest BCUT2D eigenvalue weighted by molar-refractivity contribution is 5.85. The van der Waals surface area contributed by atoms with Crippen LogP contribution in [0.1, 0.15) is 29.7 Å². The molecule has 1 heterocycles. The minimum atomic E-state index is 0. The fourth-order valence-corrected chi connectivity index (χ4v) is 3.54. The Morgan fingerprint density at radius 1 is 1.07 bits per heavy atom. The van der Waals surface area contributed by atoms with Crippen LogP contribution in [0.2, 0.25) is 0 Å². The number of carbonyl (C=O) groups is 1. The molecule has 152 valence electrons. The Balaban J connectivity index is 0.00000280. The Bertz CT molecular complexity index is 780. The van der Waals surface area contributed by atoms with Gasteiger partial charge in [0.1, 0.15) is 0 Å². The number of rotatable bonds is 6. The number of hydrogen-bond acceptors (Lipinski definition) is 4. The lowest BCUT2D eigenvalue weighted by molar-refractivity contribution is -0.133. The summed E-state index contributed by atoms with van der Waals surface area (Å²) in [6.07, 6.45) is 1.37. The summed E-state index contributed by atoms with van der Waals surface area (Å²) in [5, 5.41) is 3.41. The van der Waals surface area contributed by atoms with Gasteiger partial charge >= 0.3 is 0 Å². The Labute approximate surface area is 173 Å². The van der Waals surface area contributed by atoms with Crippen molar-refractivity contribution in [2.75, 3.05) is 33.9 Å². The molecule has 2 aromatic rings. The first-order valence-corrected chi connectivity index (χ1v) is 9.46. The van der Waals surface area contributed by atoms with Crippen LogP contribution >= 0.6 is 12.4 Å². The van der Waals surface area contributed by atoms with Crippen molar-refractivity contribution in [1.82, 2.24) is 10.2 Å². The first-order chi connectivity index (χ1) is 13.2. The molecule has 0 radical (unpaired) electrons. The van der Waals surface area contributed by atoms with Crippen molar-refractivity contribution in [2.24, 2.45) is 0 Å². The molecule has 3 rings (SSSR count). The molecule has 0 spiro atoms. The molecule has 1 fully saturated rings. The Morgan fingerprint density at radius 3 is 2.39 bits per heavy atom. The molecule has 2 aromatic carbocycles.